The van der Waals surface area contributed by atoms with Crippen molar-refractivity contribution in [3.05, 3.63) is 12.2 Å². The first-order valence-electron chi connectivity index (χ1n) is 2.97. The molecular formula is C7H11. The molecule has 7 heavy (non-hydrogen) atoms. The van der Waals surface area contributed by atoms with E-state index in [0.717, 1.165) is 5.92 Å². The summed E-state index contributed by atoms with van der Waals surface area (Å²) in [7, 11) is 0. The maximum absolute atomic E-state index is 3.26. The molecule has 0 aromatic carbocycles. The molecule has 0 N–H and O–H groups in total. The number of hydrogen-bond acceptors (Lipinski definition) is 0. The standard InChI is InChI=1S/C7H11/c1-7-5-3-2-4-6-7/h3,7H,2,4,6H2,1H3. The van der Waals surface area contributed by atoms with Gasteiger partial charge in [-0.25, -0.2) is 0 Å². The van der Waals surface area contributed by atoms with Crippen LogP contribution in [0.1, 0.15) is 26.2 Å². The van der Waals surface area contributed by atoms with Gasteiger partial charge >= 0.3 is 0 Å². The largest absolute Gasteiger partial charge is 0.0808 e. The zero-order chi connectivity index (χ0) is 5.11. The van der Waals surface area contributed by atoms with Crippen LogP contribution >= 0.6 is 0 Å². The minimum absolute atomic E-state index is 0.730. The van der Waals surface area contributed by atoms with E-state index < -0.39 is 0 Å². The molecule has 39 valence electrons. The number of allylic oxidation sites excluding steroid dienone is 2. The van der Waals surface area contributed by atoms with Crippen LogP contribution in [-0.4, -0.2) is 0 Å². The lowest BCUT2D eigenvalue weighted by molar-refractivity contribution is 0.569. The van der Waals surface area contributed by atoms with Gasteiger partial charge in [-0.3, -0.25) is 0 Å². The molecule has 0 aliphatic heterocycles. The van der Waals surface area contributed by atoms with E-state index in [9.17, 15) is 0 Å². The predicted molar refractivity (Wildman–Crippen MR) is 30.8 cm³/mol. The maximum atomic E-state index is 3.26. The highest BCUT2D eigenvalue weighted by Crippen LogP contribution is 2.13. The van der Waals surface area contributed by atoms with E-state index in [-0.39, 0.29) is 0 Å². The lowest BCUT2D eigenvalue weighted by Crippen LogP contribution is -1.93. The van der Waals surface area contributed by atoms with Crippen LogP contribution in [0.15, 0.2) is 6.08 Å². The van der Waals surface area contributed by atoms with Crippen molar-refractivity contribution in [3.63, 3.8) is 0 Å². The fourth-order valence-electron chi connectivity index (χ4n) is 0.894. The molecule has 1 radical (unpaired) electrons. The molecule has 0 aromatic heterocycles. The third kappa shape index (κ3) is 1.34. The SMILES string of the molecule is CC1[C]=CCCC1. The van der Waals surface area contributed by atoms with Gasteiger partial charge in [0.2, 0.25) is 0 Å². The molecule has 0 amide bonds. The minimum Gasteiger partial charge on any atom is -0.0808 e. The van der Waals surface area contributed by atoms with Crippen LogP contribution < -0.4 is 0 Å². The molecule has 1 aliphatic carbocycles. The third-order valence-electron chi connectivity index (χ3n) is 1.39. The van der Waals surface area contributed by atoms with Crippen LogP contribution in [-0.2, 0) is 0 Å². The van der Waals surface area contributed by atoms with Gasteiger partial charge in [-0.2, -0.15) is 0 Å². The summed E-state index contributed by atoms with van der Waals surface area (Å²) in [5.74, 6) is 0.730. The van der Waals surface area contributed by atoms with Crippen molar-refractivity contribution in [3.8, 4) is 0 Å². The Kier molecular flexibility index (Phi) is 1.50. The summed E-state index contributed by atoms with van der Waals surface area (Å²) in [5.41, 5.74) is 0. The van der Waals surface area contributed by atoms with E-state index in [2.05, 4.69) is 19.1 Å². The first kappa shape index (κ1) is 4.89. The highest BCUT2D eigenvalue weighted by Gasteiger charge is 1.99. The molecule has 0 saturated heterocycles. The summed E-state index contributed by atoms with van der Waals surface area (Å²) < 4.78 is 0. The lowest BCUT2D eigenvalue weighted by Gasteiger charge is -2.07. The van der Waals surface area contributed by atoms with Crippen molar-refractivity contribution in [1.29, 1.82) is 0 Å². The fourth-order valence-corrected chi connectivity index (χ4v) is 0.894. The highest BCUT2D eigenvalue weighted by atomic mass is 14.0. The first-order chi connectivity index (χ1) is 3.39. The Morgan fingerprint density at radius 1 is 1.71 bits per heavy atom. The van der Waals surface area contributed by atoms with Crippen molar-refractivity contribution in [2.24, 2.45) is 5.92 Å². The molecule has 0 spiro atoms. The van der Waals surface area contributed by atoms with Gasteiger partial charge in [0.25, 0.3) is 0 Å². The van der Waals surface area contributed by atoms with Crippen LogP contribution in [0.2, 0.25) is 0 Å². The Hall–Kier alpha value is -0.260. The average molecular weight is 95.2 g/mol. The van der Waals surface area contributed by atoms with E-state index in [1.165, 1.54) is 19.3 Å². The second kappa shape index (κ2) is 2.15. The van der Waals surface area contributed by atoms with E-state index >= 15 is 0 Å². The van der Waals surface area contributed by atoms with Gasteiger partial charge in [-0.15, -0.1) is 0 Å². The lowest BCUT2D eigenvalue weighted by atomic mass is 9.98. The summed E-state index contributed by atoms with van der Waals surface area (Å²) in [6, 6.07) is 0. The van der Waals surface area contributed by atoms with Crippen LogP contribution in [0.5, 0.6) is 0 Å². The smallest absolute Gasteiger partial charge is 0.0191 e. The molecule has 0 aromatic rings. The molecule has 1 unspecified atom stereocenters. The fraction of sp³-hybridized carbons (Fsp3) is 0.714. The van der Waals surface area contributed by atoms with Crippen molar-refractivity contribution in [1.82, 2.24) is 0 Å². The summed E-state index contributed by atoms with van der Waals surface area (Å²) >= 11 is 0. The summed E-state index contributed by atoms with van der Waals surface area (Å²) in [4.78, 5) is 0. The third-order valence-corrected chi connectivity index (χ3v) is 1.39. The Bertz CT molecular complexity index is 72.1. The molecule has 1 aliphatic rings. The first-order valence-corrected chi connectivity index (χ1v) is 2.97. The number of rotatable bonds is 0. The quantitative estimate of drug-likeness (QED) is 0.432. The van der Waals surface area contributed by atoms with Gasteiger partial charge in [-0.05, 0) is 31.3 Å². The van der Waals surface area contributed by atoms with E-state index in [1.54, 1.807) is 0 Å². The Labute approximate surface area is 45.2 Å². The molecule has 0 heterocycles. The van der Waals surface area contributed by atoms with Gasteiger partial charge in [-0.1, -0.05) is 13.0 Å². The molecule has 0 bridgehead atoms. The minimum atomic E-state index is 0.730. The van der Waals surface area contributed by atoms with Crippen LogP contribution in [0.4, 0.5) is 0 Å². The van der Waals surface area contributed by atoms with E-state index in [4.69, 9.17) is 0 Å². The molecule has 0 heteroatoms. The van der Waals surface area contributed by atoms with Gasteiger partial charge in [0.15, 0.2) is 0 Å². The van der Waals surface area contributed by atoms with Crippen molar-refractivity contribution >= 4 is 0 Å². The van der Waals surface area contributed by atoms with Crippen LogP contribution in [0.25, 0.3) is 0 Å². The van der Waals surface area contributed by atoms with Gasteiger partial charge in [0, 0.05) is 0 Å². The second-order valence-electron chi connectivity index (χ2n) is 2.20. The van der Waals surface area contributed by atoms with Gasteiger partial charge in [0.1, 0.15) is 0 Å². The Morgan fingerprint density at radius 2 is 2.57 bits per heavy atom. The van der Waals surface area contributed by atoms with Gasteiger partial charge in [0.05, 0.1) is 0 Å². The molecule has 0 saturated carbocycles. The maximum Gasteiger partial charge on any atom is -0.0191 e. The molecule has 0 fully saturated rings. The summed E-state index contributed by atoms with van der Waals surface area (Å²) in [5, 5.41) is 0. The highest BCUT2D eigenvalue weighted by molar-refractivity contribution is 4.83. The summed E-state index contributed by atoms with van der Waals surface area (Å²) in [6.45, 7) is 2.22. The topological polar surface area (TPSA) is 0 Å². The van der Waals surface area contributed by atoms with Crippen molar-refractivity contribution in [2.45, 2.75) is 26.2 Å². The molecular weight excluding hydrogens is 84.1 g/mol. The monoisotopic (exact) mass is 95.1 g/mol. The number of hydrogen-bond donors (Lipinski definition) is 0. The second-order valence-corrected chi connectivity index (χ2v) is 2.20. The molecule has 0 nitrogen and oxygen atoms in total. The van der Waals surface area contributed by atoms with E-state index in [1.807, 2.05) is 0 Å². The van der Waals surface area contributed by atoms with Gasteiger partial charge < -0.3 is 0 Å². The van der Waals surface area contributed by atoms with Crippen molar-refractivity contribution in [2.75, 3.05) is 0 Å². The Balaban J connectivity index is 2.36. The molecule has 1 rings (SSSR count). The summed E-state index contributed by atoms with van der Waals surface area (Å²) in [6.07, 6.45) is 9.39. The van der Waals surface area contributed by atoms with Crippen molar-refractivity contribution < 1.29 is 0 Å². The normalized spacial score (nSPS) is 30.7. The predicted octanol–water partition coefficient (Wildman–Crippen LogP) is 2.17. The zero-order valence-corrected chi connectivity index (χ0v) is 4.78. The van der Waals surface area contributed by atoms with Crippen LogP contribution in [0, 0.1) is 12.0 Å². The van der Waals surface area contributed by atoms with Crippen LogP contribution in [0.3, 0.4) is 0 Å². The molecule has 1 atom stereocenters. The zero-order valence-electron chi connectivity index (χ0n) is 4.78. The Morgan fingerprint density at radius 3 is 2.86 bits per heavy atom. The van der Waals surface area contributed by atoms with E-state index in [0.29, 0.717) is 0 Å². The average Bonchev–Trinajstić information content (AvgIpc) is 1.69.